The molecule has 3 aromatic rings. The zero-order valence-corrected chi connectivity index (χ0v) is 19.6. The van der Waals surface area contributed by atoms with Crippen LogP contribution in [0.15, 0.2) is 59.7 Å². The Morgan fingerprint density at radius 3 is 2.50 bits per heavy atom. The fourth-order valence-electron chi connectivity index (χ4n) is 3.31. The number of carbonyl (C=O) groups is 2. The Hall–Kier alpha value is -4.07. The minimum absolute atomic E-state index is 0.236. The summed E-state index contributed by atoms with van der Waals surface area (Å²) in [5.74, 6) is 0.764. The number of hydrogen-bond donors (Lipinski definition) is 2. The lowest BCUT2D eigenvalue weighted by atomic mass is 10.0. The van der Waals surface area contributed by atoms with Crippen molar-refractivity contribution in [3.8, 4) is 17.2 Å². The molecule has 0 bridgehead atoms. The Labute approximate surface area is 198 Å². The summed E-state index contributed by atoms with van der Waals surface area (Å²) in [5, 5.41) is 8.67. The van der Waals surface area contributed by atoms with Gasteiger partial charge in [0.05, 0.1) is 33.6 Å². The summed E-state index contributed by atoms with van der Waals surface area (Å²) in [6.45, 7) is 2.47. The highest BCUT2D eigenvalue weighted by molar-refractivity contribution is 6.03. The van der Waals surface area contributed by atoms with E-state index in [4.69, 9.17) is 14.2 Å². The van der Waals surface area contributed by atoms with Crippen LogP contribution in [0, 0.1) is 0 Å². The van der Waals surface area contributed by atoms with E-state index in [9.17, 15) is 9.59 Å². The van der Waals surface area contributed by atoms with Crippen molar-refractivity contribution in [3.05, 3.63) is 65.7 Å². The van der Waals surface area contributed by atoms with Gasteiger partial charge in [0, 0.05) is 11.1 Å². The molecular formula is C26H29N3O5. The number of unbranched alkanes of at least 4 members (excludes halogenated alkanes) is 1. The number of hydrogen-bond acceptors (Lipinski definition) is 6. The van der Waals surface area contributed by atoms with E-state index in [1.807, 2.05) is 36.4 Å². The first-order valence-corrected chi connectivity index (χ1v) is 11.0. The summed E-state index contributed by atoms with van der Waals surface area (Å²) >= 11 is 0. The molecule has 2 amide bonds. The van der Waals surface area contributed by atoms with Crippen LogP contribution in [-0.2, 0) is 4.79 Å². The molecule has 0 spiro atoms. The van der Waals surface area contributed by atoms with Gasteiger partial charge in [0.2, 0.25) is 0 Å². The summed E-state index contributed by atoms with van der Waals surface area (Å²) in [5.41, 5.74) is 3.58. The number of ether oxygens (including phenoxy) is 3. The Bertz CT molecular complexity index is 1180. The molecule has 0 aliphatic carbocycles. The molecular weight excluding hydrogens is 434 g/mol. The lowest BCUT2D eigenvalue weighted by Gasteiger charge is -2.11. The number of amides is 2. The zero-order valence-electron chi connectivity index (χ0n) is 19.6. The first-order chi connectivity index (χ1) is 16.6. The molecule has 8 nitrogen and oxygen atoms in total. The SMILES string of the molecule is CCCCOc1ccc2ccccc2c1C=NNC(=O)CNC(=O)c1ccc(OC)c(OC)c1. The largest absolute Gasteiger partial charge is 0.493 e. The van der Waals surface area contributed by atoms with Crippen molar-refractivity contribution in [1.29, 1.82) is 0 Å². The number of fused-ring (bicyclic) bond motifs is 1. The second-order valence-electron chi connectivity index (χ2n) is 7.45. The second kappa shape index (κ2) is 12.2. The van der Waals surface area contributed by atoms with Gasteiger partial charge in [-0.3, -0.25) is 9.59 Å². The number of methoxy groups -OCH3 is 2. The zero-order chi connectivity index (χ0) is 24.3. The van der Waals surface area contributed by atoms with Gasteiger partial charge in [-0.25, -0.2) is 5.43 Å². The van der Waals surface area contributed by atoms with Crippen molar-refractivity contribution in [2.75, 3.05) is 27.4 Å². The van der Waals surface area contributed by atoms with Crippen LogP contribution >= 0.6 is 0 Å². The standard InChI is InChI=1S/C26H29N3O5/c1-4-5-14-34-22-12-10-18-8-6-7-9-20(18)21(22)16-28-29-25(30)17-27-26(31)19-11-13-23(32-2)24(15-19)33-3/h6-13,15-16H,4-5,14,17H2,1-3H3,(H,27,31)(H,29,30). The van der Waals surface area contributed by atoms with Crippen molar-refractivity contribution in [1.82, 2.24) is 10.7 Å². The van der Waals surface area contributed by atoms with E-state index in [-0.39, 0.29) is 6.54 Å². The summed E-state index contributed by atoms with van der Waals surface area (Å²) in [6.07, 6.45) is 3.54. The van der Waals surface area contributed by atoms with Crippen LogP contribution in [0.25, 0.3) is 10.8 Å². The molecule has 0 saturated carbocycles. The molecule has 0 radical (unpaired) electrons. The van der Waals surface area contributed by atoms with E-state index < -0.39 is 11.8 Å². The minimum Gasteiger partial charge on any atom is -0.493 e. The molecule has 178 valence electrons. The molecule has 3 rings (SSSR count). The van der Waals surface area contributed by atoms with Crippen LogP contribution in [0.5, 0.6) is 17.2 Å². The van der Waals surface area contributed by atoms with Gasteiger partial charge in [0.1, 0.15) is 5.75 Å². The fraction of sp³-hybridized carbons (Fsp3) is 0.269. The van der Waals surface area contributed by atoms with Gasteiger partial charge < -0.3 is 19.5 Å². The fourth-order valence-corrected chi connectivity index (χ4v) is 3.31. The Balaban J connectivity index is 1.63. The molecule has 8 heteroatoms. The van der Waals surface area contributed by atoms with E-state index in [2.05, 4.69) is 22.8 Å². The first kappa shape index (κ1) is 24.6. The molecule has 2 N–H and O–H groups in total. The van der Waals surface area contributed by atoms with Crippen molar-refractivity contribution in [3.63, 3.8) is 0 Å². The number of nitrogens with one attached hydrogen (secondary N) is 2. The van der Waals surface area contributed by atoms with Gasteiger partial charge in [0.15, 0.2) is 11.5 Å². The van der Waals surface area contributed by atoms with E-state index in [0.717, 1.165) is 29.2 Å². The lowest BCUT2D eigenvalue weighted by Crippen LogP contribution is -2.34. The van der Waals surface area contributed by atoms with Gasteiger partial charge in [-0.1, -0.05) is 43.7 Å². The molecule has 3 aromatic carbocycles. The maximum absolute atomic E-state index is 12.4. The van der Waals surface area contributed by atoms with Crippen LogP contribution < -0.4 is 25.0 Å². The molecule has 0 aromatic heterocycles. The quantitative estimate of drug-likeness (QED) is 0.255. The molecule has 0 heterocycles. The Morgan fingerprint density at radius 1 is 0.971 bits per heavy atom. The molecule has 0 aliphatic heterocycles. The molecule has 0 saturated heterocycles. The van der Waals surface area contributed by atoms with Crippen molar-refractivity contribution >= 4 is 28.8 Å². The third-order valence-electron chi connectivity index (χ3n) is 5.12. The third kappa shape index (κ3) is 6.25. The average Bonchev–Trinajstić information content (AvgIpc) is 2.87. The van der Waals surface area contributed by atoms with Crippen LogP contribution in [-0.4, -0.2) is 45.4 Å². The molecule has 0 atom stereocenters. The molecule has 0 aliphatic rings. The van der Waals surface area contributed by atoms with Crippen LogP contribution in [0.1, 0.15) is 35.7 Å². The highest BCUT2D eigenvalue weighted by Crippen LogP contribution is 2.28. The number of nitrogens with zero attached hydrogens (tertiary/aromatic N) is 1. The summed E-state index contributed by atoms with van der Waals surface area (Å²) < 4.78 is 16.3. The number of carbonyl (C=O) groups excluding carboxylic acids is 2. The maximum Gasteiger partial charge on any atom is 0.259 e. The smallest absolute Gasteiger partial charge is 0.259 e. The van der Waals surface area contributed by atoms with Crippen molar-refractivity contribution < 1.29 is 23.8 Å². The van der Waals surface area contributed by atoms with Crippen molar-refractivity contribution in [2.24, 2.45) is 5.10 Å². The third-order valence-corrected chi connectivity index (χ3v) is 5.12. The normalized spacial score (nSPS) is 10.8. The highest BCUT2D eigenvalue weighted by atomic mass is 16.5. The molecule has 34 heavy (non-hydrogen) atoms. The van der Waals surface area contributed by atoms with Crippen LogP contribution in [0.3, 0.4) is 0 Å². The second-order valence-corrected chi connectivity index (χ2v) is 7.45. The monoisotopic (exact) mass is 463 g/mol. The molecule has 0 fully saturated rings. The van der Waals surface area contributed by atoms with Crippen LogP contribution in [0.2, 0.25) is 0 Å². The summed E-state index contributed by atoms with van der Waals surface area (Å²) in [7, 11) is 3.00. The van der Waals surface area contributed by atoms with Crippen LogP contribution in [0.4, 0.5) is 0 Å². The van der Waals surface area contributed by atoms with E-state index in [0.29, 0.717) is 29.4 Å². The van der Waals surface area contributed by atoms with Gasteiger partial charge in [-0.05, 0) is 41.5 Å². The maximum atomic E-state index is 12.4. The minimum atomic E-state index is -0.459. The Kier molecular flexibility index (Phi) is 8.85. The lowest BCUT2D eigenvalue weighted by molar-refractivity contribution is -0.120. The summed E-state index contributed by atoms with van der Waals surface area (Å²) in [6, 6.07) is 16.6. The molecule has 0 unspecified atom stereocenters. The van der Waals surface area contributed by atoms with Gasteiger partial charge in [0.25, 0.3) is 11.8 Å². The number of hydrazone groups is 1. The number of benzene rings is 3. The van der Waals surface area contributed by atoms with E-state index in [1.165, 1.54) is 14.2 Å². The number of rotatable bonds is 11. The van der Waals surface area contributed by atoms with Gasteiger partial charge in [-0.2, -0.15) is 5.10 Å². The highest BCUT2D eigenvalue weighted by Gasteiger charge is 2.12. The van der Waals surface area contributed by atoms with E-state index >= 15 is 0 Å². The predicted octanol–water partition coefficient (Wildman–Crippen LogP) is 3.92. The van der Waals surface area contributed by atoms with Gasteiger partial charge >= 0.3 is 0 Å². The predicted molar refractivity (Wildman–Crippen MR) is 132 cm³/mol. The Morgan fingerprint density at radius 2 is 1.74 bits per heavy atom. The first-order valence-electron chi connectivity index (χ1n) is 11.0. The average molecular weight is 464 g/mol. The van der Waals surface area contributed by atoms with E-state index in [1.54, 1.807) is 24.4 Å². The van der Waals surface area contributed by atoms with Crippen molar-refractivity contribution in [2.45, 2.75) is 19.8 Å². The summed E-state index contributed by atoms with van der Waals surface area (Å²) in [4.78, 5) is 24.6. The topological polar surface area (TPSA) is 98.2 Å². The van der Waals surface area contributed by atoms with Gasteiger partial charge in [-0.15, -0.1) is 0 Å².